The number of hydrogen-bond acceptors (Lipinski definition) is 2. The van der Waals surface area contributed by atoms with Gasteiger partial charge in [-0.05, 0) is 24.5 Å². The molecule has 0 aromatic heterocycles. The maximum Gasteiger partial charge on any atom is 0.321 e. The highest BCUT2D eigenvalue weighted by atomic mass is 16.4. The second-order valence-electron chi connectivity index (χ2n) is 5.21. The second kappa shape index (κ2) is 6.41. The first-order valence-electron chi connectivity index (χ1n) is 6.91. The Balaban J connectivity index is 2.05. The molecule has 1 saturated carbocycles. The largest absolute Gasteiger partial charge is 0.481 e. The van der Waals surface area contributed by atoms with Crippen molar-refractivity contribution in [2.24, 2.45) is 0 Å². The molecule has 1 fully saturated rings. The number of urea groups is 1. The van der Waals surface area contributed by atoms with Gasteiger partial charge in [-0.15, -0.1) is 0 Å². The molecule has 108 valence electrons. The molecule has 2 N–H and O–H groups in total. The van der Waals surface area contributed by atoms with Crippen molar-refractivity contribution in [1.82, 2.24) is 4.90 Å². The van der Waals surface area contributed by atoms with E-state index in [1.165, 1.54) is 0 Å². The highest BCUT2D eigenvalue weighted by Crippen LogP contribution is 2.23. The SMILES string of the molecule is CN(C(=O)Nc1ccccc1CC(=O)O)C1CCCC1. The average Bonchev–Trinajstić information content (AvgIpc) is 2.93. The predicted molar refractivity (Wildman–Crippen MR) is 76.8 cm³/mol. The minimum atomic E-state index is -0.907. The fourth-order valence-corrected chi connectivity index (χ4v) is 2.62. The lowest BCUT2D eigenvalue weighted by Crippen LogP contribution is -2.38. The van der Waals surface area contributed by atoms with Crippen LogP contribution in [-0.2, 0) is 11.2 Å². The number of carbonyl (C=O) groups excluding carboxylic acids is 1. The van der Waals surface area contributed by atoms with Crippen molar-refractivity contribution in [2.45, 2.75) is 38.1 Å². The number of benzene rings is 1. The lowest BCUT2D eigenvalue weighted by molar-refractivity contribution is -0.136. The molecule has 20 heavy (non-hydrogen) atoms. The van der Waals surface area contributed by atoms with E-state index < -0.39 is 5.97 Å². The highest BCUT2D eigenvalue weighted by Gasteiger charge is 2.23. The average molecular weight is 276 g/mol. The van der Waals surface area contributed by atoms with Gasteiger partial charge < -0.3 is 15.3 Å². The monoisotopic (exact) mass is 276 g/mol. The molecule has 1 aliphatic rings. The van der Waals surface area contributed by atoms with Gasteiger partial charge in [-0.25, -0.2) is 4.79 Å². The molecule has 5 heteroatoms. The van der Waals surface area contributed by atoms with Gasteiger partial charge in [0.2, 0.25) is 0 Å². The Hall–Kier alpha value is -2.04. The van der Waals surface area contributed by atoms with Gasteiger partial charge in [0, 0.05) is 18.8 Å². The quantitative estimate of drug-likeness (QED) is 0.888. The molecule has 0 bridgehead atoms. The first-order chi connectivity index (χ1) is 9.58. The zero-order valence-electron chi connectivity index (χ0n) is 11.6. The van der Waals surface area contributed by atoms with Crippen LogP contribution < -0.4 is 5.32 Å². The van der Waals surface area contributed by atoms with Gasteiger partial charge in [0.15, 0.2) is 0 Å². The van der Waals surface area contributed by atoms with Gasteiger partial charge >= 0.3 is 12.0 Å². The van der Waals surface area contributed by atoms with Crippen LogP contribution in [0.5, 0.6) is 0 Å². The number of nitrogens with one attached hydrogen (secondary N) is 1. The third kappa shape index (κ3) is 3.50. The van der Waals surface area contributed by atoms with Crippen molar-refractivity contribution in [2.75, 3.05) is 12.4 Å². The Bertz CT molecular complexity index is 496. The molecule has 0 atom stereocenters. The standard InChI is InChI=1S/C15H20N2O3/c1-17(12-7-3-4-8-12)15(20)16-13-9-5-2-6-11(13)10-14(18)19/h2,5-6,9,12H,3-4,7-8,10H2,1H3,(H,16,20)(H,18,19). The molecule has 1 aromatic rings. The molecular weight excluding hydrogens is 256 g/mol. The number of carboxylic acid groups (broad SMARTS) is 1. The summed E-state index contributed by atoms with van der Waals surface area (Å²) in [6, 6.07) is 7.14. The van der Waals surface area contributed by atoms with Crippen LogP contribution in [0.3, 0.4) is 0 Å². The molecule has 1 aliphatic carbocycles. The maximum absolute atomic E-state index is 12.2. The van der Waals surface area contributed by atoms with Gasteiger partial charge in [-0.3, -0.25) is 4.79 Å². The minimum absolute atomic E-state index is 0.0937. The smallest absolute Gasteiger partial charge is 0.321 e. The van der Waals surface area contributed by atoms with E-state index in [-0.39, 0.29) is 12.5 Å². The molecule has 0 heterocycles. The van der Waals surface area contributed by atoms with Crippen molar-refractivity contribution in [1.29, 1.82) is 0 Å². The predicted octanol–water partition coefficient (Wildman–Crippen LogP) is 2.72. The fourth-order valence-electron chi connectivity index (χ4n) is 2.62. The molecular formula is C15H20N2O3. The summed E-state index contributed by atoms with van der Waals surface area (Å²) in [6.07, 6.45) is 4.32. The maximum atomic E-state index is 12.2. The Labute approximate surface area is 118 Å². The summed E-state index contributed by atoms with van der Waals surface area (Å²) in [5.41, 5.74) is 1.19. The van der Waals surface area contributed by atoms with Crippen LogP contribution in [0.25, 0.3) is 0 Å². The molecule has 0 unspecified atom stereocenters. The van der Waals surface area contributed by atoms with Gasteiger partial charge in [-0.1, -0.05) is 31.0 Å². The zero-order valence-corrected chi connectivity index (χ0v) is 11.6. The van der Waals surface area contributed by atoms with E-state index in [9.17, 15) is 9.59 Å². The van der Waals surface area contributed by atoms with Gasteiger partial charge in [0.25, 0.3) is 0 Å². The number of nitrogens with zero attached hydrogens (tertiary/aromatic N) is 1. The number of carboxylic acids is 1. The van der Waals surface area contributed by atoms with Crippen molar-refractivity contribution in [3.05, 3.63) is 29.8 Å². The molecule has 0 aliphatic heterocycles. The molecule has 0 spiro atoms. The Kier molecular flexibility index (Phi) is 4.61. The number of aliphatic carboxylic acids is 1. The van der Waals surface area contributed by atoms with Crippen molar-refractivity contribution in [3.63, 3.8) is 0 Å². The van der Waals surface area contributed by atoms with E-state index in [0.717, 1.165) is 25.7 Å². The molecule has 2 rings (SSSR count). The Morgan fingerprint density at radius 3 is 2.60 bits per heavy atom. The van der Waals surface area contributed by atoms with Crippen LogP contribution in [0.15, 0.2) is 24.3 Å². The van der Waals surface area contributed by atoms with Gasteiger partial charge in [0.05, 0.1) is 6.42 Å². The summed E-state index contributed by atoms with van der Waals surface area (Å²) in [6.45, 7) is 0. The molecule has 2 amide bonds. The van der Waals surface area contributed by atoms with E-state index in [1.54, 1.807) is 36.2 Å². The van der Waals surface area contributed by atoms with E-state index >= 15 is 0 Å². The third-order valence-electron chi connectivity index (χ3n) is 3.79. The molecule has 0 radical (unpaired) electrons. The Morgan fingerprint density at radius 1 is 1.30 bits per heavy atom. The van der Waals surface area contributed by atoms with Crippen LogP contribution in [-0.4, -0.2) is 35.1 Å². The summed E-state index contributed by atoms with van der Waals surface area (Å²) in [5, 5.41) is 11.7. The van der Waals surface area contributed by atoms with Crippen LogP contribution >= 0.6 is 0 Å². The summed E-state index contributed by atoms with van der Waals surface area (Å²) < 4.78 is 0. The van der Waals surface area contributed by atoms with E-state index in [2.05, 4.69) is 5.32 Å². The summed E-state index contributed by atoms with van der Waals surface area (Å²) >= 11 is 0. The highest BCUT2D eigenvalue weighted by molar-refractivity contribution is 5.91. The van der Waals surface area contributed by atoms with E-state index in [0.29, 0.717) is 17.3 Å². The van der Waals surface area contributed by atoms with Crippen molar-refractivity contribution < 1.29 is 14.7 Å². The zero-order chi connectivity index (χ0) is 14.5. The van der Waals surface area contributed by atoms with Gasteiger partial charge in [0.1, 0.15) is 0 Å². The normalized spacial score (nSPS) is 15.1. The first kappa shape index (κ1) is 14.4. The van der Waals surface area contributed by atoms with Crippen LogP contribution in [0.4, 0.5) is 10.5 Å². The first-order valence-corrected chi connectivity index (χ1v) is 6.91. The number of carbonyl (C=O) groups is 2. The third-order valence-corrected chi connectivity index (χ3v) is 3.79. The molecule has 1 aromatic carbocycles. The van der Waals surface area contributed by atoms with Crippen LogP contribution in [0.2, 0.25) is 0 Å². The Morgan fingerprint density at radius 2 is 1.95 bits per heavy atom. The summed E-state index contributed by atoms with van der Waals surface area (Å²) in [4.78, 5) is 24.8. The number of anilines is 1. The van der Waals surface area contributed by atoms with Crippen LogP contribution in [0.1, 0.15) is 31.2 Å². The van der Waals surface area contributed by atoms with Gasteiger partial charge in [-0.2, -0.15) is 0 Å². The van der Waals surface area contributed by atoms with Crippen molar-refractivity contribution in [3.8, 4) is 0 Å². The topological polar surface area (TPSA) is 69.6 Å². The summed E-state index contributed by atoms with van der Waals surface area (Å²) in [5.74, 6) is -0.907. The van der Waals surface area contributed by atoms with Crippen LogP contribution in [0, 0.1) is 0 Å². The lowest BCUT2D eigenvalue weighted by atomic mass is 10.1. The minimum Gasteiger partial charge on any atom is -0.481 e. The molecule has 0 saturated heterocycles. The molecule has 5 nitrogen and oxygen atoms in total. The lowest BCUT2D eigenvalue weighted by Gasteiger charge is -2.25. The number of rotatable bonds is 4. The van der Waals surface area contributed by atoms with Crippen molar-refractivity contribution >= 4 is 17.7 Å². The number of para-hydroxylation sites is 1. The second-order valence-corrected chi connectivity index (χ2v) is 5.21. The fraction of sp³-hybridized carbons (Fsp3) is 0.467. The number of hydrogen-bond donors (Lipinski definition) is 2. The van der Waals surface area contributed by atoms with E-state index in [1.807, 2.05) is 0 Å². The number of amides is 2. The van der Waals surface area contributed by atoms with E-state index in [4.69, 9.17) is 5.11 Å². The summed E-state index contributed by atoms with van der Waals surface area (Å²) in [7, 11) is 1.80.